The zero-order chi connectivity index (χ0) is 12.0. The van der Waals surface area contributed by atoms with E-state index in [4.69, 9.17) is 16.3 Å². The Balaban J connectivity index is 2.05. The van der Waals surface area contributed by atoms with Gasteiger partial charge in [-0.3, -0.25) is 4.79 Å². The van der Waals surface area contributed by atoms with Gasteiger partial charge in [-0.2, -0.15) is 0 Å². The predicted molar refractivity (Wildman–Crippen MR) is 64.6 cm³/mol. The highest BCUT2D eigenvalue weighted by Gasteiger charge is 2.54. The predicted octanol–water partition coefficient (Wildman–Crippen LogP) is 2.39. The molecule has 2 fully saturated rings. The molecule has 0 radical (unpaired) electrons. The summed E-state index contributed by atoms with van der Waals surface area (Å²) in [5.41, 5.74) is 0.485. The van der Waals surface area contributed by atoms with Gasteiger partial charge in [-0.15, -0.1) is 0 Å². The third kappa shape index (κ3) is 1.49. The second-order valence-corrected chi connectivity index (χ2v) is 5.17. The summed E-state index contributed by atoms with van der Waals surface area (Å²) in [6, 6.07) is 7.59. The Bertz CT molecular complexity index is 459. The molecule has 0 aliphatic carbocycles. The Morgan fingerprint density at radius 2 is 2.12 bits per heavy atom. The van der Waals surface area contributed by atoms with Gasteiger partial charge < -0.3 is 9.64 Å². The zero-order valence-corrected chi connectivity index (χ0v) is 10.4. The normalized spacial score (nSPS) is 32.0. The highest BCUT2D eigenvalue weighted by molar-refractivity contribution is 6.30. The van der Waals surface area contributed by atoms with Crippen molar-refractivity contribution in [2.45, 2.75) is 19.1 Å². The molecule has 1 aromatic carbocycles. The summed E-state index contributed by atoms with van der Waals surface area (Å²) in [5, 5.41) is 0.701. The van der Waals surface area contributed by atoms with E-state index in [-0.39, 0.29) is 11.8 Å². The Morgan fingerprint density at radius 3 is 2.82 bits per heavy atom. The summed E-state index contributed by atoms with van der Waals surface area (Å²) in [6.07, 6.45) is 0.730. The first-order valence-electron chi connectivity index (χ1n) is 5.85. The van der Waals surface area contributed by atoms with Gasteiger partial charge in [0.05, 0.1) is 6.61 Å². The number of ether oxygens (including phenoxy) is 1. The molecule has 3 rings (SSSR count). The lowest BCUT2D eigenvalue weighted by molar-refractivity contribution is -0.138. The van der Waals surface area contributed by atoms with Crippen molar-refractivity contribution in [3.05, 3.63) is 34.9 Å². The van der Waals surface area contributed by atoms with Gasteiger partial charge in [0, 0.05) is 29.5 Å². The number of benzene rings is 1. The second-order valence-electron chi connectivity index (χ2n) is 4.73. The van der Waals surface area contributed by atoms with Gasteiger partial charge in [0.15, 0.2) is 5.72 Å². The van der Waals surface area contributed by atoms with Crippen LogP contribution in [0.5, 0.6) is 0 Å². The summed E-state index contributed by atoms with van der Waals surface area (Å²) >= 11 is 5.89. The molecule has 2 atom stereocenters. The fraction of sp³-hybridized carbons (Fsp3) is 0.462. The molecule has 2 aliphatic heterocycles. The SMILES string of the molecule is C[C@H]1C[C@@]2(c3ccc(Cl)cc3)OCCN2C1=O. The molecule has 0 unspecified atom stereocenters. The van der Waals surface area contributed by atoms with E-state index in [2.05, 4.69) is 0 Å². The number of fused-ring (bicyclic) bond motifs is 1. The molecule has 17 heavy (non-hydrogen) atoms. The van der Waals surface area contributed by atoms with Crippen LogP contribution >= 0.6 is 11.6 Å². The van der Waals surface area contributed by atoms with Crippen LogP contribution in [0.4, 0.5) is 0 Å². The van der Waals surface area contributed by atoms with Crippen molar-refractivity contribution in [2.75, 3.05) is 13.2 Å². The molecule has 0 spiro atoms. The molecular weight excluding hydrogens is 238 g/mol. The average molecular weight is 252 g/mol. The summed E-state index contributed by atoms with van der Waals surface area (Å²) in [6.45, 7) is 3.26. The molecule has 3 nitrogen and oxygen atoms in total. The first kappa shape index (κ1) is 11.1. The van der Waals surface area contributed by atoms with Crippen molar-refractivity contribution >= 4 is 17.5 Å². The van der Waals surface area contributed by atoms with Crippen LogP contribution < -0.4 is 0 Å². The maximum absolute atomic E-state index is 12.1. The number of carbonyl (C=O) groups is 1. The number of nitrogens with zero attached hydrogens (tertiary/aromatic N) is 1. The quantitative estimate of drug-likeness (QED) is 0.767. The Hall–Kier alpha value is -1.06. The van der Waals surface area contributed by atoms with E-state index >= 15 is 0 Å². The molecule has 0 bridgehead atoms. The number of halogens is 1. The monoisotopic (exact) mass is 251 g/mol. The van der Waals surface area contributed by atoms with E-state index in [9.17, 15) is 4.79 Å². The van der Waals surface area contributed by atoms with Crippen molar-refractivity contribution in [1.82, 2.24) is 4.90 Å². The fourth-order valence-electron chi connectivity index (χ4n) is 2.86. The van der Waals surface area contributed by atoms with Crippen LogP contribution in [0.1, 0.15) is 18.9 Å². The first-order chi connectivity index (χ1) is 8.13. The Kier molecular flexibility index (Phi) is 2.42. The molecule has 1 amide bonds. The summed E-state index contributed by atoms with van der Waals surface area (Å²) in [4.78, 5) is 13.9. The summed E-state index contributed by atoms with van der Waals surface area (Å²) in [5.74, 6) is 0.225. The molecule has 2 saturated heterocycles. The van der Waals surface area contributed by atoms with Crippen LogP contribution in [0.2, 0.25) is 5.02 Å². The van der Waals surface area contributed by atoms with Gasteiger partial charge in [-0.25, -0.2) is 0 Å². The lowest BCUT2D eigenvalue weighted by Gasteiger charge is -2.30. The highest BCUT2D eigenvalue weighted by Crippen LogP contribution is 2.46. The molecule has 90 valence electrons. The summed E-state index contributed by atoms with van der Waals surface area (Å²) in [7, 11) is 0. The summed E-state index contributed by atoms with van der Waals surface area (Å²) < 4.78 is 5.89. The van der Waals surface area contributed by atoms with Gasteiger partial charge in [-0.05, 0) is 12.1 Å². The van der Waals surface area contributed by atoms with Gasteiger partial charge >= 0.3 is 0 Å². The topological polar surface area (TPSA) is 29.5 Å². The molecule has 0 saturated carbocycles. The average Bonchev–Trinajstić information content (AvgIpc) is 2.82. The third-order valence-electron chi connectivity index (χ3n) is 3.66. The first-order valence-corrected chi connectivity index (χ1v) is 6.23. The van der Waals surface area contributed by atoms with Crippen molar-refractivity contribution in [2.24, 2.45) is 5.92 Å². The number of carbonyl (C=O) groups excluding carboxylic acids is 1. The largest absolute Gasteiger partial charge is 0.349 e. The van der Waals surface area contributed by atoms with E-state index < -0.39 is 5.72 Å². The molecule has 4 heteroatoms. The molecule has 2 heterocycles. The van der Waals surface area contributed by atoms with E-state index in [0.717, 1.165) is 12.0 Å². The van der Waals surface area contributed by atoms with Crippen LogP contribution in [-0.4, -0.2) is 24.0 Å². The third-order valence-corrected chi connectivity index (χ3v) is 3.91. The van der Waals surface area contributed by atoms with Gasteiger partial charge in [0.25, 0.3) is 0 Å². The van der Waals surface area contributed by atoms with Gasteiger partial charge in [0.1, 0.15) is 0 Å². The molecule has 0 aromatic heterocycles. The molecule has 2 aliphatic rings. The Labute approximate surface area is 105 Å². The zero-order valence-electron chi connectivity index (χ0n) is 9.65. The van der Waals surface area contributed by atoms with Crippen molar-refractivity contribution in [3.8, 4) is 0 Å². The second kappa shape index (κ2) is 3.72. The minimum Gasteiger partial charge on any atom is -0.349 e. The molecule has 1 aromatic rings. The smallest absolute Gasteiger partial charge is 0.228 e. The van der Waals surface area contributed by atoms with Crippen molar-refractivity contribution in [3.63, 3.8) is 0 Å². The Morgan fingerprint density at radius 1 is 1.41 bits per heavy atom. The number of amides is 1. The van der Waals surface area contributed by atoms with Crippen LogP contribution in [0, 0.1) is 5.92 Å². The van der Waals surface area contributed by atoms with E-state index in [1.807, 2.05) is 36.1 Å². The van der Waals surface area contributed by atoms with E-state index in [0.29, 0.717) is 18.2 Å². The number of rotatable bonds is 1. The van der Waals surface area contributed by atoms with Crippen LogP contribution in [0.3, 0.4) is 0 Å². The van der Waals surface area contributed by atoms with E-state index in [1.165, 1.54) is 0 Å². The van der Waals surface area contributed by atoms with Crippen LogP contribution in [0.15, 0.2) is 24.3 Å². The fourth-order valence-corrected chi connectivity index (χ4v) is 2.98. The highest BCUT2D eigenvalue weighted by atomic mass is 35.5. The number of hydrogen-bond acceptors (Lipinski definition) is 2. The van der Waals surface area contributed by atoms with Gasteiger partial charge in [0.2, 0.25) is 5.91 Å². The minimum absolute atomic E-state index is 0.0333. The molecule has 0 N–H and O–H groups in total. The standard InChI is InChI=1S/C13H14ClNO2/c1-9-8-13(10-2-4-11(14)5-3-10)15(12(9)16)6-7-17-13/h2-5,9H,6-8H2,1H3/t9-,13-/m0/s1. The van der Waals surface area contributed by atoms with E-state index in [1.54, 1.807) is 0 Å². The number of hydrogen-bond donors (Lipinski definition) is 0. The minimum atomic E-state index is -0.541. The lowest BCUT2D eigenvalue weighted by atomic mass is 9.97. The van der Waals surface area contributed by atoms with Crippen LogP contribution in [-0.2, 0) is 15.3 Å². The molecular formula is C13H14ClNO2. The maximum Gasteiger partial charge on any atom is 0.228 e. The maximum atomic E-state index is 12.1. The van der Waals surface area contributed by atoms with Crippen molar-refractivity contribution < 1.29 is 9.53 Å². The lowest BCUT2D eigenvalue weighted by Crippen LogP contribution is -2.38. The van der Waals surface area contributed by atoms with Gasteiger partial charge in [-0.1, -0.05) is 30.7 Å². The van der Waals surface area contributed by atoms with Crippen molar-refractivity contribution in [1.29, 1.82) is 0 Å². The van der Waals surface area contributed by atoms with Crippen LogP contribution in [0.25, 0.3) is 0 Å².